The van der Waals surface area contributed by atoms with Gasteiger partial charge in [0.2, 0.25) is 5.95 Å². The van der Waals surface area contributed by atoms with E-state index in [0.717, 1.165) is 17.7 Å². The molecule has 10 nitrogen and oxygen atoms in total. The number of halogens is 6. The number of piperidine rings is 1. The lowest BCUT2D eigenvalue weighted by molar-refractivity contribution is -0.143. The van der Waals surface area contributed by atoms with E-state index in [-0.39, 0.29) is 54.3 Å². The molecular formula is C33H38F6N6O4. The molecule has 266 valence electrons. The molecule has 16 heteroatoms. The summed E-state index contributed by atoms with van der Waals surface area (Å²) in [7, 11) is 1.75. The van der Waals surface area contributed by atoms with Gasteiger partial charge in [0, 0.05) is 61.4 Å². The van der Waals surface area contributed by atoms with Gasteiger partial charge in [0.1, 0.15) is 12.2 Å². The molecule has 6 rings (SSSR count). The van der Waals surface area contributed by atoms with Gasteiger partial charge in [0.15, 0.2) is 6.29 Å². The van der Waals surface area contributed by atoms with Crippen LogP contribution in [0.2, 0.25) is 0 Å². The number of rotatable bonds is 9. The van der Waals surface area contributed by atoms with Crippen molar-refractivity contribution in [2.24, 2.45) is 13.0 Å². The van der Waals surface area contributed by atoms with Crippen molar-refractivity contribution in [3.8, 4) is 11.1 Å². The van der Waals surface area contributed by atoms with Crippen LogP contribution >= 0.6 is 0 Å². The summed E-state index contributed by atoms with van der Waals surface area (Å²) in [5, 5.41) is 13.7. The molecule has 2 aromatic heterocycles. The van der Waals surface area contributed by atoms with Gasteiger partial charge in [-0.2, -0.15) is 31.4 Å². The number of alkyl halides is 6. The summed E-state index contributed by atoms with van der Waals surface area (Å²) < 4.78 is 95.3. The smallest absolute Gasteiger partial charge is 0.416 e. The van der Waals surface area contributed by atoms with Gasteiger partial charge in [-0.05, 0) is 68.2 Å². The number of aliphatic hydroxyl groups is 1. The SMILES string of the molecule is CC[C@@H]1C[C@H](N(Cc2cc(C(F)(F)F)cc(C(F)(F)F)c2)c2ncc(-c3cnn(C)c3)cn2)C[C@H](CC)N1C(=O)O[C@H]1C[C@H](C2OC2O)C1. The Bertz CT molecular complexity index is 1580. The molecular weight excluding hydrogens is 658 g/mol. The Labute approximate surface area is 279 Å². The van der Waals surface area contributed by atoms with Gasteiger partial charge in [0.05, 0.1) is 17.3 Å². The van der Waals surface area contributed by atoms with Crippen molar-refractivity contribution in [1.29, 1.82) is 0 Å². The normalized spacial score (nSPS) is 27.1. The molecule has 5 atom stereocenters. The van der Waals surface area contributed by atoms with Gasteiger partial charge in [-0.1, -0.05) is 13.8 Å². The van der Waals surface area contributed by atoms with E-state index < -0.39 is 41.9 Å². The minimum absolute atomic E-state index is 0.113. The largest absolute Gasteiger partial charge is 0.446 e. The van der Waals surface area contributed by atoms with Crippen molar-refractivity contribution in [1.82, 2.24) is 24.6 Å². The summed E-state index contributed by atoms with van der Waals surface area (Å²) >= 11 is 0. The summed E-state index contributed by atoms with van der Waals surface area (Å²) in [6.07, 6.45) is -2.30. The molecule has 3 aliphatic rings. The molecule has 2 saturated heterocycles. The van der Waals surface area contributed by atoms with Gasteiger partial charge < -0.3 is 24.4 Å². The number of nitrogens with zero attached hydrogens (tertiary/aromatic N) is 6. The van der Waals surface area contributed by atoms with E-state index in [0.29, 0.717) is 44.1 Å². The molecule has 1 aliphatic carbocycles. The van der Waals surface area contributed by atoms with Crippen LogP contribution in [0.25, 0.3) is 11.1 Å². The first kappa shape index (κ1) is 34.9. The zero-order valence-electron chi connectivity index (χ0n) is 27.2. The molecule has 2 aliphatic heterocycles. The van der Waals surface area contributed by atoms with Crippen LogP contribution in [0.3, 0.4) is 0 Å². The zero-order chi connectivity index (χ0) is 35.2. The van der Waals surface area contributed by atoms with Gasteiger partial charge in [0.25, 0.3) is 0 Å². The predicted molar refractivity (Wildman–Crippen MR) is 164 cm³/mol. The average Bonchev–Trinajstić information content (AvgIpc) is 3.59. The van der Waals surface area contributed by atoms with Crippen molar-refractivity contribution >= 4 is 12.0 Å². The van der Waals surface area contributed by atoms with Crippen LogP contribution in [0.4, 0.5) is 37.1 Å². The lowest BCUT2D eigenvalue weighted by Crippen LogP contribution is -2.57. The van der Waals surface area contributed by atoms with Gasteiger partial charge >= 0.3 is 18.4 Å². The fourth-order valence-electron chi connectivity index (χ4n) is 7.02. The van der Waals surface area contributed by atoms with E-state index in [1.54, 1.807) is 33.9 Å². The Morgan fingerprint density at radius 2 is 1.51 bits per heavy atom. The van der Waals surface area contributed by atoms with Crippen molar-refractivity contribution in [2.75, 3.05) is 4.90 Å². The molecule has 2 unspecified atom stereocenters. The Morgan fingerprint density at radius 3 is 1.98 bits per heavy atom. The van der Waals surface area contributed by atoms with E-state index >= 15 is 0 Å². The summed E-state index contributed by atoms with van der Waals surface area (Å²) in [4.78, 5) is 26.0. The van der Waals surface area contributed by atoms with Crippen molar-refractivity contribution in [3.05, 3.63) is 59.7 Å². The zero-order valence-corrected chi connectivity index (χ0v) is 27.2. The number of anilines is 1. The number of hydrogen-bond donors (Lipinski definition) is 1. The van der Waals surface area contributed by atoms with Crippen LogP contribution in [0, 0.1) is 5.92 Å². The Balaban J connectivity index is 1.29. The molecule has 4 heterocycles. The van der Waals surface area contributed by atoms with Gasteiger partial charge in [-0.25, -0.2) is 14.8 Å². The average molecular weight is 697 g/mol. The molecule has 3 aromatic rings. The van der Waals surface area contributed by atoms with Crippen molar-refractivity contribution in [3.63, 3.8) is 0 Å². The number of epoxide rings is 1. The van der Waals surface area contributed by atoms with E-state index in [1.165, 1.54) is 12.4 Å². The Kier molecular flexibility index (Phi) is 9.56. The first-order valence-electron chi connectivity index (χ1n) is 16.3. The highest BCUT2D eigenvalue weighted by Crippen LogP contribution is 2.43. The standard InChI is InChI=1S/C33H38F6N6O4/c1-4-24-11-26(12-25(5-2)45(24)31(47)48-27-8-19(9-27)28-29(46)49-28)44(30-40-13-20(14-41-30)21-15-42-43(3)17-21)16-18-6-22(32(34,35)36)10-23(7-18)33(37,38)39/h6-7,10,13-15,17,19,24-29,46H,4-5,8-9,11-12,16H2,1-3H3/t19-,24-,25+,26+,27-,28?,29?. The number of ether oxygens (including phenoxy) is 2. The number of aliphatic hydroxyl groups excluding tert-OH is 1. The Hall–Kier alpha value is -3.92. The second-order valence-corrected chi connectivity index (χ2v) is 13.1. The molecule has 0 spiro atoms. The van der Waals surface area contributed by atoms with Crippen LogP contribution in [0.5, 0.6) is 0 Å². The van der Waals surface area contributed by atoms with E-state index in [2.05, 4.69) is 15.1 Å². The maximum absolute atomic E-state index is 13.8. The highest BCUT2D eigenvalue weighted by atomic mass is 19.4. The number of benzene rings is 1. The molecule has 1 N–H and O–H groups in total. The third-order valence-electron chi connectivity index (χ3n) is 9.77. The van der Waals surface area contributed by atoms with Crippen LogP contribution in [-0.2, 0) is 35.4 Å². The fraction of sp³-hybridized carbons (Fsp3) is 0.576. The Morgan fingerprint density at radius 1 is 0.939 bits per heavy atom. The number of aromatic nitrogens is 4. The monoisotopic (exact) mass is 696 g/mol. The summed E-state index contributed by atoms with van der Waals surface area (Å²) in [6, 6.07) is 0.473. The van der Waals surface area contributed by atoms with Gasteiger partial charge in [-0.15, -0.1) is 0 Å². The topological polar surface area (TPSA) is 109 Å². The third-order valence-corrected chi connectivity index (χ3v) is 9.77. The minimum Gasteiger partial charge on any atom is -0.446 e. The summed E-state index contributed by atoms with van der Waals surface area (Å²) in [5.74, 6) is 0.267. The molecule has 1 amide bonds. The molecule has 3 fully saturated rings. The molecule has 49 heavy (non-hydrogen) atoms. The second kappa shape index (κ2) is 13.4. The van der Waals surface area contributed by atoms with Crippen LogP contribution in [0.15, 0.2) is 43.0 Å². The maximum atomic E-state index is 13.8. The predicted octanol–water partition coefficient (Wildman–Crippen LogP) is 6.58. The lowest BCUT2D eigenvalue weighted by Gasteiger charge is -2.48. The molecule has 0 radical (unpaired) electrons. The van der Waals surface area contributed by atoms with Crippen LogP contribution < -0.4 is 4.90 Å². The number of carbonyl (C=O) groups excluding carboxylic acids is 1. The number of carbonyl (C=O) groups is 1. The summed E-state index contributed by atoms with van der Waals surface area (Å²) in [6.45, 7) is 3.49. The van der Waals surface area contributed by atoms with E-state index in [4.69, 9.17) is 9.47 Å². The van der Waals surface area contributed by atoms with E-state index in [1.807, 2.05) is 13.8 Å². The first-order chi connectivity index (χ1) is 23.1. The molecule has 1 saturated carbocycles. The third kappa shape index (κ3) is 7.64. The van der Waals surface area contributed by atoms with Gasteiger partial charge in [-0.3, -0.25) is 4.68 Å². The highest BCUT2D eigenvalue weighted by molar-refractivity contribution is 5.69. The maximum Gasteiger partial charge on any atom is 0.416 e. The van der Waals surface area contributed by atoms with Crippen LogP contribution in [-0.4, -0.2) is 72.5 Å². The lowest BCUT2D eigenvalue weighted by atomic mass is 9.80. The minimum atomic E-state index is -5.00. The fourth-order valence-corrected chi connectivity index (χ4v) is 7.02. The number of amides is 1. The number of likely N-dealkylation sites (tertiary alicyclic amines) is 1. The van der Waals surface area contributed by atoms with Crippen molar-refractivity contribution in [2.45, 2.75) is 108 Å². The van der Waals surface area contributed by atoms with Crippen LogP contribution in [0.1, 0.15) is 69.1 Å². The molecule has 0 bridgehead atoms. The highest BCUT2D eigenvalue weighted by Gasteiger charge is 2.51. The molecule has 1 aromatic carbocycles. The first-order valence-corrected chi connectivity index (χ1v) is 16.3. The number of hydrogen-bond acceptors (Lipinski definition) is 8. The second-order valence-electron chi connectivity index (χ2n) is 13.1. The van der Waals surface area contributed by atoms with Crippen molar-refractivity contribution < 1.29 is 45.7 Å². The summed E-state index contributed by atoms with van der Waals surface area (Å²) in [5.41, 5.74) is -1.64. The number of aryl methyl sites for hydroxylation is 1. The quantitative estimate of drug-likeness (QED) is 0.198. The van der Waals surface area contributed by atoms with E-state index in [9.17, 15) is 36.2 Å².